The maximum Gasteiger partial charge on any atom is 0.240 e. The molecule has 4 nitrogen and oxygen atoms in total. The summed E-state index contributed by atoms with van der Waals surface area (Å²) < 4.78 is 28.0. The van der Waals surface area contributed by atoms with Crippen LogP contribution in [0.1, 0.15) is 37.8 Å². The molecule has 0 bridgehead atoms. The van der Waals surface area contributed by atoms with E-state index in [0.717, 1.165) is 24.0 Å². The van der Waals surface area contributed by atoms with Gasteiger partial charge in [-0.15, -0.1) is 0 Å². The average molecular weight is 310 g/mol. The van der Waals surface area contributed by atoms with E-state index in [4.69, 9.17) is 0 Å². The van der Waals surface area contributed by atoms with Crippen molar-refractivity contribution in [2.45, 2.75) is 51.1 Å². The Bertz CT molecular complexity index is 598. The van der Waals surface area contributed by atoms with Gasteiger partial charge in [0.1, 0.15) is 0 Å². The number of sulfonamides is 1. The standard InChI is InChI=1S/C16H26N2O2S/c1-11-6-8-16(13(11)3)18-21(19,20)15-7-5-12(2)14(9-15)10-17-4/h5,7,9,11,13,16-18H,6,8,10H2,1-4H3. The molecule has 1 fully saturated rings. The quantitative estimate of drug-likeness (QED) is 0.878. The summed E-state index contributed by atoms with van der Waals surface area (Å²) in [5.41, 5.74) is 2.12. The molecule has 0 aromatic heterocycles. The lowest BCUT2D eigenvalue weighted by molar-refractivity contribution is 0.402. The van der Waals surface area contributed by atoms with Crippen LogP contribution in [0.2, 0.25) is 0 Å². The van der Waals surface area contributed by atoms with Crippen molar-refractivity contribution in [3.05, 3.63) is 29.3 Å². The molecule has 2 N–H and O–H groups in total. The van der Waals surface area contributed by atoms with E-state index in [9.17, 15) is 8.42 Å². The van der Waals surface area contributed by atoms with Gasteiger partial charge in [0.15, 0.2) is 0 Å². The highest BCUT2D eigenvalue weighted by molar-refractivity contribution is 7.89. The Labute approximate surface area is 128 Å². The first-order chi connectivity index (χ1) is 9.85. The molecule has 5 heteroatoms. The topological polar surface area (TPSA) is 58.2 Å². The zero-order chi connectivity index (χ0) is 15.6. The third-order valence-corrected chi connectivity index (χ3v) is 6.26. The summed E-state index contributed by atoms with van der Waals surface area (Å²) in [6.07, 6.45) is 2.02. The summed E-state index contributed by atoms with van der Waals surface area (Å²) in [5.74, 6) is 0.970. The van der Waals surface area contributed by atoms with Crippen molar-refractivity contribution in [3.63, 3.8) is 0 Å². The fourth-order valence-corrected chi connectivity index (χ4v) is 4.41. The third-order valence-electron chi connectivity index (χ3n) is 4.77. The molecular formula is C16H26N2O2S. The number of hydrogen-bond acceptors (Lipinski definition) is 3. The Morgan fingerprint density at radius 2 is 1.95 bits per heavy atom. The highest BCUT2D eigenvalue weighted by atomic mass is 32.2. The first kappa shape index (κ1) is 16.5. The molecule has 0 amide bonds. The van der Waals surface area contributed by atoms with Crippen molar-refractivity contribution in [2.75, 3.05) is 7.05 Å². The fourth-order valence-electron chi connectivity index (χ4n) is 2.99. The summed E-state index contributed by atoms with van der Waals surface area (Å²) in [4.78, 5) is 0.366. The van der Waals surface area contributed by atoms with Crippen LogP contribution in [0.25, 0.3) is 0 Å². The average Bonchev–Trinajstić information content (AvgIpc) is 2.73. The Kier molecular flexibility index (Phi) is 5.07. The van der Waals surface area contributed by atoms with E-state index in [-0.39, 0.29) is 6.04 Å². The van der Waals surface area contributed by atoms with Gasteiger partial charge < -0.3 is 5.32 Å². The summed E-state index contributed by atoms with van der Waals surface area (Å²) >= 11 is 0. The van der Waals surface area contributed by atoms with Crippen molar-refractivity contribution in [2.24, 2.45) is 11.8 Å². The number of nitrogens with one attached hydrogen (secondary N) is 2. The van der Waals surface area contributed by atoms with Gasteiger partial charge in [-0.3, -0.25) is 0 Å². The molecule has 0 radical (unpaired) electrons. The smallest absolute Gasteiger partial charge is 0.240 e. The van der Waals surface area contributed by atoms with Crippen LogP contribution in [0.3, 0.4) is 0 Å². The van der Waals surface area contributed by atoms with E-state index in [2.05, 4.69) is 23.9 Å². The monoisotopic (exact) mass is 310 g/mol. The molecule has 1 aromatic carbocycles. The molecule has 1 saturated carbocycles. The van der Waals surface area contributed by atoms with Gasteiger partial charge in [0.25, 0.3) is 0 Å². The molecule has 1 aliphatic carbocycles. The number of rotatable bonds is 5. The van der Waals surface area contributed by atoms with Crippen LogP contribution >= 0.6 is 0 Å². The Morgan fingerprint density at radius 3 is 2.52 bits per heavy atom. The normalized spacial score (nSPS) is 26.2. The van der Waals surface area contributed by atoms with Crippen LogP contribution in [0.5, 0.6) is 0 Å². The lowest BCUT2D eigenvalue weighted by Gasteiger charge is -2.20. The second kappa shape index (κ2) is 6.46. The van der Waals surface area contributed by atoms with Gasteiger partial charge in [-0.25, -0.2) is 13.1 Å². The van der Waals surface area contributed by atoms with Crippen molar-refractivity contribution < 1.29 is 8.42 Å². The molecule has 2 rings (SSSR count). The molecule has 3 atom stereocenters. The van der Waals surface area contributed by atoms with Gasteiger partial charge in [-0.1, -0.05) is 19.9 Å². The minimum Gasteiger partial charge on any atom is -0.316 e. The molecule has 0 aliphatic heterocycles. The van der Waals surface area contributed by atoms with Crippen LogP contribution < -0.4 is 10.0 Å². The highest BCUT2D eigenvalue weighted by Crippen LogP contribution is 2.32. The predicted octanol–water partition coefficient (Wildman–Crippen LogP) is 2.43. The highest BCUT2D eigenvalue weighted by Gasteiger charge is 2.33. The van der Waals surface area contributed by atoms with Crippen molar-refractivity contribution in [1.29, 1.82) is 0 Å². The molecule has 0 heterocycles. The molecule has 118 valence electrons. The number of aryl methyl sites for hydroxylation is 1. The van der Waals surface area contributed by atoms with Gasteiger partial charge in [0.2, 0.25) is 10.0 Å². The third kappa shape index (κ3) is 3.65. The van der Waals surface area contributed by atoms with Crippen LogP contribution in [-0.2, 0) is 16.6 Å². The van der Waals surface area contributed by atoms with Gasteiger partial charge in [0.05, 0.1) is 4.90 Å². The summed E-state index contributed by atoms with van der Waals surface area (Å²) in [6.45, 7) is 6.99. The molecule has 3 unspecified atom stereocenters. The SMILES string of the molecule is CNCc1cc(S(=O)(=O)NC2CCC(C)C2C)ccc1C. The fraction of sp³-hybridized carbons (Fsp3) is 0.625. The molecular weight excluding hydrogens is 284 g/mol. The zero-order valence-electron chi connectivity index (χ0n) is 13.3. The van der Waals surface area contributed by atoms with Crippen LogP contribution in [0, 0.1) is 18.8 Å². The van der Waals surface area contributed by atoms with Gasteiger partial charge in [-0.2, -0.15) is 0 Å². The summed E-state index contributed by atoms with van der Waals surface area (Å²) in [6, 6.07) is 5.40. The minimum atomic E-state index is -3.44. The van der Waals surface area contributed by atoms with E-state index in [0.29, 0.717) is 23.3 Å². The van der Waals surface area contributed by atoms with Crippen LogP contribution in [0.15, 0.2) is 23.1 Å². The Balaban J connectivity index is 2.21. The second-order valence-corrected chi connectivity index (χ2v) is 7.97. The molecule has 21 heavy (non-hydrogen) atoms. The van der Waals surface area contributed by atoms with E-state index in [1.807, 2.05) is 20.0 Å². The molecule has 1 aromatic rings. The van der Waals surface area contributed by atoms with E-state index < -0.39 is 10.0 Å². The lowest BCUT2D eigenvalue weighted by Crippen LogP contribution is -2.37. The van der Waals surface area contributed by atoms with Crippen molar-refractivity contribution in [3.8, 4) is 0 Å². The minimum absolute atomic E-state index is 0.0547. The lowest BCUT2D eigenvalue weighted by atomic mass is 9.98. The molecule has 1 aliphatic rings. The van der Waals surface area contributed by atoms with Crippen molar-refractivity contribution >= 4 is 10.0 Å². The van der Waals surface area contributed by atoms with Gasteiger partial charge in [0, 0.05) is 12.6 Å². The first-order valence-electron chi connectivity index (χ1n) is 7.61. The van der Waals surface area contributed by atoms with Crippen molar-refractivity contribution in [1.82, 2.24) is 10.0 Å². The van der Waals surface area contributed by atoms with Gasteiger partial charge in [-0.05, 0) is 61.9 Å². The Morgan fingerprint density at radius 1 is 1.24 bits per heavy atom. The summed E-state index contributed by atoms with van der Waals surface area (Å²) in [7, 11) is -1.57. The van der Waals surface area contributed by atoms with E-state index in [1.54, 1.807) is 12.1 Å². The largest absolute Gasteiger partial charge is 0.316 e. The maximum atomic E-state index is 12.6. The number of benzene rings is 1. The van der Waals surface area contributed by atoms with Crippen LogP contribution in [0.4, 0.5) is 0 Å². The molecule has 0 spiro atoms. The Hall–Kier alpha value is -0.910. The van der Waals surface area contributed by atoms with Crippen LogP contribution in [-0.4, -0.2) is 21.5 Å². The first-order valence-corrected chi connectivity index (χ1v) is 9.10. The van der Waals surface area contributed by atoms with E-state index in [1.165, 1.54) is 0 Å². The molecule has 0 saturated heterocycles. The maximum absolute atomic E-state index is 12.6. The van der Waals surface area contributed by atoms with E-state index >= 15 is 0 Å². The van der Waals surface area contributed by atoms with Gasteiger partial charge >= 0.3 is 0 Å². The summed E-state index contributed by atoms with van der Waals surface area (Å²) in [5, 5.41) is 3.07. The predicted molar refractivity (Wildman–Crippen MR) is 85.6 cm³/mol. The zero-order valence-corrected chi connectivity index (χ0v) is 14.1. The number of hydrogen-bond donors (Lipinski definition) is 2. The second-order valence-electron chi connectivity index (χ2n) is 6.26.